The van der Waals surface area contributed by atoms with Crippen LogP contribution in [0.1, 0.15) is 17.3 Å². The number of aromatic amines is 1. The molecule has 0 spiro atoms. The molecule has 0 aliphatic carbocycles. The summed E-state index contributed by atoms with van der Waals surface area (Å²) in [6, 6.07) is 8.68. The molecule has 0 aliphatic heterocycles. The molecule has 0 saturated heterocycles. The van der Waals surface area contributed by atoms with Crippen molar-refractivity contribution in [1.82, 2.24) is 15.0 Å². The number of rotatable bonds is 4. The maximum absolute atomic E-state index is 13.7. The molecule has 1 aromatic carbocycles. The summed E-state index contributed by atoms with van der Waals surface area (Å²) in [6.07, 6.45) is -1.06. The van der Waals surface area contributed by atoms with Gasteiger partial charge in [-0.3, -0.25) is 4.98 Å². The lowest BCUT2D eigenvalue weighted by atomic mass is 10.00. The first-order valence-electron chi connectivity index (χ1n) is 7.66. The van der Waals surface area contributed by atoms with Crippen molar-refractivity contribution in [3.05, 3.63) is 59.9 Å². The number of pyridine rings is 1. The van der Waals surface area contributed by atoms with E-state index >= 15 is 0 Å². The third kappa shape index (κ3) is 5.68. The first-order valence-corrected chi connectivity index (χ1v) is 8.29. The highest BCUT2D eigenvalue weighted by Gasteiger charge is 2.38. The van der Waals surface area contributed by atoms with Crippen LogP contribution in [-0.4, -0.2) is 38.0 Å². The molecule has 3 rings (SSSR count). The number of H-pyrrole nitrogens is 1. The third-order valence-electron chi connectivity index (χ3n) is 3.58. The first kappa shape index (κ1) is 20.7. The number of thiol groups is 1. The van der Waals surface area contributed by atoms with Crippen LogP contribution in [0, 0.1) is 5.82 Å². The van der Waals surface area contributed by atoms with Crippen molar-refractivity contribution in [2.24, 2.45) is 0 Å². The number of alkyl halides is 3. The van der Waals surface area contributed by atoms with Gasteiger partial charge in [0.15, 0.2) is 0 Å². The van der Waals surface area contributed by atoms with Crippen LogP contribution in [-0.2, 0) is 11.2 Å². The summed E-state index contributed by atoms with van der Waals surface area (Å²) in [7, 11) is 0. The van der Waals surface area contributed by atoms with Crippen molar-refractivity contribution in [3.8, 4) is 0 Å². The minimum absolute atomic E-state index is 0.0441. The summed E-state index contributed by atoms with van der Waals surface area (Å²) in [5.41, 5.74) is 2.45. The van der Waals surface area contributed by atoms with Gasteiger partial charge in [-0.15, -0.1) is 0 Å². The molecule has 0 bridgehead atoms. The molecule has 27 heavy (non-hydrogen) atoms. The highest BCUT2D eigenvalue weighted by molar-refractivity contribution is 7.80. The fourth-order valence-corrected chi connectivity index (χ4v) is 2.55. The van der Waals surface area contributed by atoms with Crippen LogP contribution in [0.4, 0.5) is 17.6 Å². The van der Waals surface area contributed by atoms with Gasteiger partial charge in [0.1, 0.15) is 11.6 Å². The monoisotopic (exact) mass is 401 g/mol. The number of halogens is 4. The van der Waals surface area contributed by atoms with Crippen molar-refractivity contribution in [2.45, 2.75) is 18.5 Å². The van der Waals surface area contributed by atoms with Gasteiger partial charge in [0.25, 0.3) is 0 Å². The number of carboxylic acid groups (broad SMARTS) is 1. The van der Waals surface area contributed by atoms with E-state index in [1.165, 1.54) is 6.07 Å². The van der Waals surface area contributed by atoms with Crippen LogP contribution >= 0.6 is 12.6 Å². The van der Waals surface area contributed by atoms with Gasteiger partial charge in [0.2, 0.25) is 0 Å². The minimum atomic E-state index is -5.08. The highest BCUT2D eigenvalue weighted by atomic mass is 32.1. The van der Waals surface area contributed by atoms with Crippen LogP contribution in [0.25, 0.3) is 11.0 Å². The van der Waals surface area contributed by atoms with E-state index in [0.717, 1.165) is 16.9 Å². The maximum Gasteiger partial charge on any atom is 0.490 e. The number of imidazole rings is 1. The highest BCUT2D eigenvalue weighted by Crippen LogP contribution is 2.23. The van der Waals surface area contributed by atoms with Crippen LogP contribution in [0.2, 0.25) is 0 Å². The SMILES string of the molecule is Fc1ccccc1C[C@H](CS)c1nc2ccncc2[nH]1.O=C(O)C(F)(F)F. The molecule has 1 atom stereocenters. The number of carbonyl (C=O) groups is 1. The van der Waals surface area contributed by atoms with E-state index in [9.17, 15) is 17.6 Å². The van der Waals surface area contributed by atoms with E-state index in [0.29, 0.717) is 17.7 Å². The van der Waals surface area contributed by atoms with Crippen LogP contribution in [0.15, 0.2) is 42.7 Å². The number of benzene rings is 1. The van der Waals surface area contributed by atoms with Gasteiger partial charge in [-0.1, -0.05) is 18.2 Å². The molecule has 2 heterocycles. The smallest absolute Gasteiger partial charge is 0.475 e. The molecule has 0 amide bonds. The lowest BCUT2D eigenvalue weighted by molar-refractivity contribution is -0.192. The first-order chi connectivity index (χ1) is 12.7. The topological polar surface area (TPSA) is 78.9 Å². The summed E-state index contributed by atoms with van der Waals surface area (Å²) >= 11 is 4.38. The normalized spacial score (nSPS) is 12.3. The number of hydrogen-bond donors (Lipinski definition) is 3. The van der Waals surface area contributed by atoms with Gasteiger partial charge < -0.3 is 10.1 Å². The molecule has 0 radical (unpaired) electrons. The number of aliphatic carboxylic acids is 1. The average Bonchev–Trinajstić information content (AvgIpc) is 3.04. The largest absolute Gasteiger partial charge is 0.490 e. The van der Waals surface area contributed by atoms with E-state index in [1.807, 2.05) is 12.1 Å². The molecule has 0 aliphatic rings. The number of nitrogens with one attached hydrogen (secondary N) is 1. The second-order valence-electron chi connectivity index (χ2n) is 5.49. The third-order valence-corrected chi connectivity index (χ3v) is 4.02. The second-order valence-corrected chi connectivity index (χ2v) is 5.86. The van der Waals surface area contributed by atoms with Crippen molar-refractivity contribution in [3.63, 3.8) is 0 Å². The number of fused-ring (bicyclic) bond motifs is 1. The van der Waals surface area contributed by atoms with Gasteiger partial charge in [-0.05, 0) is 24.1 Å². The fourth-order valence-electron chi connectivity index (χ4n) is 2.25. The average molecular weight is 401 g/mol. The molecule has 5 nitrogen and oxygen atoms in total. The second kappa shape index (κ2) is 8.85. The number of hydrogen-bond acceptors (Lipinski definition) is 4. The number of carboxylic acids is 1. The Kier molecular flexibility index (Phi) is 6.78. The Morgan fingerprint density at radius 3 is 2.48 bits per heavy atom. The van der Waals surface area contributed by atoms with Gasteiger partial charge >= 0.3 is 12.1 Å². The molecule has 144 valence electrons. The molecule has 2 N–H and O–H groups in total. The van der Waals surface area contributed by atoms with Crippen molar-refractivity contribution < 1.29 is 27.5 Å². The Morgan fingerprint density at radius 1 is 1.26 bits per heavy atom. The zero-order valence-electron chi connectivity index (χ0n) is 13.7. The number of nitrogens with zero attached hydrogens (tertiary/aromatic N) is 2. The minimum Gasteiger partial charge on any atom is -0.475 e. The Morgan fingerprint density at radius 2 is 1.93 bits per heavy atom. The lowest BCUT2D eigenvalue weighted by Gasteiger charge is -2.12. The standard InChI is InChI=1S/C15H14FN3S.C2HF3O2/c16-12-4-2-1-3-10(12)7-11(9-20)15-18-13-5-6-17-8-14(13)19-15;3-2(4,5)1(6)7/h1-6,8,11,20H,7,9H2,(H,18,19);(H,6,7)/t11-;/m1./s1. The van der Waals surface area contributed by atoms with Crippen molar-refractivity contribution >= 4 is 29.6 Å². The van der Waals surface area contributed by atoms with Crippen LogP contribution in [0.5, 0.6) is 0 Å². The predicted molar refractivity (Wildman–Crippen MR) is 94.3 cm³/mol. The van der Waals surface area contributed by atoms with Crippen LogP contribution < -0.4 is 0 Å². The summed E-state index contributed by atoms with van der Waals surface area (Å²) in [6.45, 7) is 0. The van der Waals surface area contributed by atoms with Gasteiger partial charge in [-0.2, -0.15) is 25.8 Å². The molecule has 0 saturated carbocycles. The van der Waals surface area contributed by atoms with Gasteiger partial charge in [0.05, 0.1) is 17.2 Å². The zero-order chi connectivity index (χ0) is 20.0. The molecule has 0 unspecified atom stereocenters. The summed E-state index contributed by atoms with van der Waals surface area (Å²) in [4.78, 5) is 20.7. The van der Waals surface area contributed by atoms with Crippen LogP contribution in [0.3, 0.4) is 0 Å². The molecular formula is C17H15F4N3O2S. The van der Waals surface area contributed by atoms with E-state index < -0.39 is 12.1 Å². The summed E-state index contributed by atoms with van der Waals surface area (Å²) in [5, 5.41) is 7.12. The quantitative estimate of drug-likeness (QED) is 0.456. The van der Waals surface area contributed by atoms with E-state index in [2.05, 4.69) is 27.6 Å². The zero-order valence-corrected chi connectivity index (χ0v) is 14.6. The molecular weight excluding hydrogens is 386 g/mol. The molecule has 3 aromatic rings. The van der Waals surface area contributed by atoms with Gasteiger partial charge in [-0.25, -0.2) is 14.2 Å². The van der Waals surface area contributed by atoms with E-state index in [1.54, 1.807) is 24.5 Å². The Bertz CT molecular complexity index is 881. The summed E-state index contributed by atoms with van der Waals surface area (Å²) < 4.78 is 45.5. The summed E-state index contributed by atoms with van der Waals surface area (Å²) in [5.74, 6) is -1.47. The Hall–Kier alpha value is -2.62. The van der Waals surface area contributed by atoms with Crippen molar-refractivity contribution in [1.29, 1.82) is 0 Å². The Balaban J connectivity index is 0.000000321. The van der Waals surface area contributed by atoms with E-state index in [-0.39, 0.29) is 11.7 Å². The van der Waals surface area contributed by atoms with Gasteiger partial charge in [0, 0.05) is 17.9 Å². The Labute approximate surface area is 156 Å². The fraction of sp³-hybridized carbons (Fsp3) is 0.235. The molecule has 10 heteroatoms. The van der Waals surface area contributed by atoms with Crippen molar-refractivity contribution in [2.75, 3.05) is 5.75 Å². The predicted octanol–water partition coefficient (Wildman–Crippen LogP) is 3.99. The van der Waals surface area contributed by atoms with E-state index in [4.69, 9.17) is 9.90 Å². The number of aromatic nitrogens is 3. The molecule has 0 fully saturated rings. The molecule has 2 aromatic heterocycles. The lowest BCUT2D eigenvalue weighted by Crippen LogP contribution is -2.21. The maximum atomic E-state index is 13.7.